The number of hydrazine groups is 1. The predicted octanol–water partition coefficient (Wildman–Crippen LogP) is 3.00. The molecule has 0 atom stereocenters. The average Bonchev–Trinajstić information content (AvgIpc) is 2.95. The Bertz CT molecular complexity index is 658. The molecule has 0 saturated carbocycles. The molecule has 112 valence electrons. The third-order valence-corrected chi connectivity index (χ3v) is 3.91. The maximum atomic E-state index is 11.5. The highest BCUT2D eigenvalue weighted by Crippen LogP contribution is 2.36. The summed E-state index contributed by atoms with van der Waals surface area (Å²) in [5.41, 5.74) is 2.61. The normalized spacial score (nSPS) is 10.3. The van der Waals surface area contributed by atoms with Crippen LogP contribution >= 0.6 is 31.9 Å². The van der Waals surface area contributed by atoms with Crippen molar-refractivity contribution in [2.45, 2.75) is 6.61 Å². The number of carbonyl (C=O) groups excluding carboxylic acids is 1. The fourth-order valence-corrected chi connectivity index (χ4v) is 2.57. The first kappa shape index (κ1) is 15.9. The molecule has 0 spiro atoms. The molecule has 6 nitrogen and oxygen atoms in total. The summed E-state index contributed by atoms with van der Waals surface area (Å²) in [6, 6.07) is 5.20. The van der Waals surface area contributed by atoms with Gasteiger partial charge < -0.3 is 13.9 Å². The van der Waals surface area contributed by atoms with E-state index in [1.807, 2.05) is 5.43 Å². The van der Waals surface area contributed by atoms with Gasteiger partial charge in [0.1, 0.15) is 18.1 Å². The van der Waals surface area contributed by atoms with Gasteiger partial charge in [0.25, 0.3) is 0 Å². The molecule has 0 aliphatic rings. The zero-order chi connectivity index (χ0) is 15.4. The predicted molar refractivity (Wildman–Crippen MR) is 83.1 cm³/mol. The highest BCUT2D eigenvalue weighted by Gasteiger charge is 2.15. The van der Waals surface area contributed by atoms with Crippen LogP contribution in [0.15, 0.2) is 37.8 Å². The molecule has 8 heteroatoms. The number of halogens is 2. The number of carbonyl (C=O) groups is 1. The first-order valence-electron chi connectivity index (χ1n) is 5.80. The second kappa shape index (κ2) is 6.97. The number of furan rings is 1. The van der Waals surface area contributed by atoms with Crippen LogP contribution in [-0.4, -0.2) is 13.0 Å². The van der Waals surface area contributed by atoms with Gasteiger partial charge in [-0.15, -0.1) is 0 Å². The molecule has 1 amide bonds. The first-order valence-corrected chi connectivity index (χ1v) is 7.38. The fraction of sp³-hybridized carbons (Fsp3) is 0.154. The summed E-state index contributed by atoms with van der Waals surface area (Å²) in [7, 11) is 1.58. The van der Waals surface area contributed by atoms with Crippen LogP contribution < -0.4 is 20.7 Å². The molecule has 0 fully saturated rings. The van der Waals surface area contributed by atoms with Crippen LogP contribution in [-0.2, 0) is 6.61 Å². The summed E-state index contributed by atoms with van der Waals surface area (Å²) in [5.74, 6) is 5.99. The lowest BCUT2D eigenvalue weighted by atomic mass is 10.2. The minimum Gasteiger partial charge on any atom is -0.496 e. The van der Waals surface area contributed by atoms with Crippen molar-refractivity contribution in [3.05, 3.63) is 44.7 Å². The van der Waals surface area contributed by atoms with Gasteiger partial charge in [0, 0.05) is 5.56 Å². The van der Waals surface area contributed by atoms with Crippen molar-refractivity contribution in [2.24, 2.45) is 5.84 Å². The minimum atomic E-state index is -0.506. The lowest BCUT2D eigenvalue weighted by molar-refractivity contribution is 0.0922. The largest absolute Gasteiger partial charge is 0.496 e. The van der Waals surface area contributed by atoms with Crippen molar-refractivity contribution in [3.8, 4) is 11.5 Å². The smallest absolute Gasteiger partial charge is 0.301 e. The van der Waals surface area contributed by atoms with E-state index in [0.717, 1.165) is 8.95 Å². The second-order valence-electron chi connectivity index (χ2n) is 3.95. The molecule has 0 aliphatic heterocycles. The number of amides is 1. The molecule has 1 heterocycles. The van der Waals surface area contributed by atoms with Crippen LogP contribution in [0.1, 0.15) is 16.1 Å². The number of methoxy groups -OCH3 is 1. The average molecular weight is 420 g/mol. The van der Waals surface area contributed by atoms with Crippen LogP contribution in [0.2, 0.25) is 0 Å². The van der Waals surface area contributed by atoms with E-state index in [1.165, 1.54) is 6.26 Å². The van der Waals surface area contributed by atoms with Gasteiger partial charge in [-0.2, -0.15) is 0 Å². The summed E-state index contributed by atoms with van der Waals surface area (Å²) in [4.78, 5) is 11.5. The molecule has 0 aliphatic carbocycles. The number of nitrogens with one attached hydrogen (secondary N) is 1. The summed E-state index contributed by atoms with van der Waals surface area (Å²) in [5, 5.41) is 0. The van der Waals surface area contributed by atoms with E-state index < -0.39 is 5.91 Å². The molecule has 0 saturated heterocycles. The standard InChI is InChI=1S/C13H12Br2N2O4/c1-19-10-4-9(15)11(5-8(10)14)21-6-7-2-3-20-12(7)13(18)17-16/h2-5H,6,16H2,1H3,(H,17,18). The van der Waals surface area contributed by atoms with E-state index in [4.69, 9.17) is 19.7 Å². The van der Waals surface area contributed by atoms with Crippen molar-refractivity contribution >= 4 is 37.8 Å². The lowest BCUT2D eigenvalue weighted by Crippen LogP contribution is -2.30. The Balaban J connectivity index is 2.16. The van der Waals surface area contributed by atoms with Gasteiger partial charge >= 0.3 is 5.91 Å². The second-order valence-corrected chi connectivity index (χ2v) is 5.66. The number of nitrogens with two attached hydrogens (primary N) is 1. The van der Waals surface area contributed by atoms with Gasteiger partial charge in [0.15, 0.2) is 5.76 Å². The molecule has 2 aromatic rings. The van der Waals surface area contributed by atoms with Crippen LogP contribution in [0, 0.1) is 0 Å². The van der Waals surface area contributed by atoms with Gasteiger partial charge in [-0.1, -0.05) is 0 Å². The maximum absolute atomic E-state index is 11.5. The molecular weight excluding hydrogens is 408 g/mol. The Morgan fingerprint density at radius 1 is 1.33 bits per heavy atom. The third kappa shape index (κ3) is 3.58. The summed E-state index contributed by atoms with van der Waals surface area (Å²) >= 11 is 6.78. The SMILES string of the molecule is COc1cc(Br)c(OCc2ccoc2C(=O)NN)cc1Br. The fourth-order valence-electron chi connectivity index (χ4n) is 1.65. The Hall–Kier alpha value is -1.51. The molecule has 21 heavy (non-hydrogen) atoms. The van der Waals surface area contributed by atoms with Crippen molar-refractivity contribution in [1.82, 2.24) is 5.43 Å². The van der Waals surface area contributed by atoms with Crippen molar-refractivity contribution in [2.75, 3.05) is 7.11 Å². The summed E-state index contributed by atoms with van der Waals surface area (Å²) in [6.45, 7) is 0.163. The highest BCUT2D eigenvalue weighted by atomic mass is 79.9. The lowest BCUT2D eigenvalue weighted by Gasteiger charge is -2.11. The van der Waals surface area contributed by atoms with E-state index in [2.05, 4.69) is 31.9 Å². The van der Waals surface area contributed by atoms with E-state index in [-0.39, 0.29) is 12.4 Å². The number of rotatable bonds is 5. The topological polar surface area (TPSA) is 86.7 Å². The Labute approximate surface area is 137 Å². The Morgan fingerprint density at radius 3 is 2.67 bits per heavy atom. The van der Waals surface area contributed by atoms with Gasteiger partial charge in [-0.25, -0.2) is 5.84 Å². The van der Waals surface area contributed by atoms with Crippen LogP contribution in [0.3, 0.4) is 0 Å². The Kier molecular flexibility index (Phi) is 5.27. The quantitative estimate of drug-likeness (QED) is 0.442. The number of hydrogen-bond acceptors (Lipinski definition) is 5. The van der Waals surface area contributed by atoms with E-state index in [9.17, 15) is 4.79 Å². The van der Waals surface area contributed by atoms with E-state index >= 15 is 0 Å². The van der Waals surface area contributed by atoms with Crippen LogP contribution in [0.5, 0.6) is 11.5 Å². The number of benzene rings is 1. The molecule has 0 unspecified atom stereocenters. The number of ether oxygens (including phenoxy) is 2. The highest BCUT2D eigenvalue weighted by molar-refractivity contribution is 9.11. The zero-order valence-corrected chi connectivity index (χ0v) is 14.2. The molecule has 0 bridgehead atoms. The van der Waals surface area contributed by atoms with E-state index in [1.54, 1.807) is 25.3 Å². The van der Waals surface area contributed by atoms with E-state index in [0.29, 0.717) is 17.1 Å². The Morgan fingerprint density at radius 2 is 2.00 bits per heavy atom. The molecule has 3 N–H and O–H groups in total. The summed E-state index contributed by atoms with van der Waals surface area (Å²) in [6.07, 6.45) is 1.41. The molecular formula is C13H12Br2N2O4. The molecule has 1 aromatic heterocycles. The van der Waals surface area contributed by atoms with Crippen molar-refractivity contribution < 1.29 is 18.7 Å². The molecule has 1 aromatic carbocycles. The number of nitrogen functional groups attached to an aromatic ring is 1. The zero-order valence-electron chi connectivity index (χ0n) is 11.0. The molecule has 0 radical (unpaired) electrons. The summed E-state index contributed by atoms with van der Waals surface area (Å²) < 4.78 is 17.4. The van der Waals surface area contributed by atoms with Crippen molar-refractivity contribution in [3.63, 3.8) is 0 Å². The maximum Gasteiger partial charge on any atom is 0.301 e. The van der Waals surface area contributed by atoms with Crippen LogP contribution in [0.25, 0.3) is 0 Å². The first-order chi connectivity index (χ1) is 10.1. The minimum absolute atomic E-state index is 0.126. The van der Waals surface area contributed by atoms with Gasteiger partial charge in [0.2, 0.25) is 0 Å². The van der Waals surface area contributed by atoms with Crippen LogP contribution in [0.4, 0.5) is 0 Å². The number of hydrogen-bond donors (Lipinski definition) is 2. The van der Waals surface area contributed by atoms with Gasteiger partial charge in [0.05, 0.1) is 22.3 Å². The van der Waals surface area contributed by atoms with Gasteiger partial charge in [-0.05, 0) is 50.1 Å². The monoisotopic (exact) mass is 418 g/mol. The van der Waals surface area contributed by atoms with Gasteiger partial charge in [-0.3, -0.25) is 10.2 Å². The van der Waals surface area contributed by atoms with Crippen molar-refractivity contribution in [1.29, 1.82) is 0 Å². The third-order valence-electron chi connectivity index (χ3n) is 2.67. The molecule has 2 rings (SSSR count).